The smallest absolute Gasteiger partial charge is 0.280 e. The van der Waals surface area contributed by atoms with Crippen molar-refractivity contribution in [1.29, 1.82) is 0 Å². The summed E-state index contributed by atoms with van der Waals surface area (Å²) in [6.07, 6.45) is 1.50. The highest BCUT2D eigenvalue weighted by Gasteiger charge is 2.44. The molecule has 1 aliphatic heterocycles. The summed E-state index contributed by atoms with van der Waals surface area (Å²) >= 11 is 0. The van der Waals surface area contributed by atoms with E-state index in [0.29, 0.717) is 17.1 Å². The second-order valence-electron chi connectivity index (χ2n) is 8.40. The monoisotopic (exact) mass is 481 g/mol. The Morgan fingerprint density at radius 2 is 1.64 bits per heavy atom. The van der Waals surface area contributed by atoms with E-state index in [9.17, 15) is 4.79 Å². The number of aliphatic hydroxyl groups is 1. The van der Waals surface area contributed by atoms with E-state index in [4.69, 9.17) is 19.6 Å². The minimum Gasteiger partial charge on any atom is -0.457 e. The molecular weight excluding hydrogens is 458 g/mol. The van der Waals surface area contributed by atoms with E-state index in [-0.39, 0.29) is 37.0 Å². The molecule has 0 radical (unpaired) electrons. The van der Waals surface area contributed by atoms with E-state index in [1.807, 2.05) is 78.9 Å². The molecule has 1 aliphatic rings. The molecule has 0 aliphatic carbocycles. The number of H-pyrrole nitrogens is 1. The molecule has 0 saturated carbocycles. The van der Waals surface area contributed by atoms with E-state index in [0.717, 1.165) is 16.7 Å². The van der Waals surface area contributed by atoms with Crippen LogP contribution in [-0.2, 0) is 17.0 Å². The van der Waals surface area contributed by atoms with Gasteiger partial charge in [-0.05, 0) is 17.7 Å². The van der Waals surface area contributed by atoms with Crippen LogP contribution in [0.3, 0.4) is 0 Å². The lowest BCUT2D eigenvalue weighted by Crippen LogP contribution is -2.41. The highest BCUT2D eigenvalue weighted by Crippen LogP contribution is 2.51. The van der Waals surface area contributed by atoms with Crippen molar-refractivity contribution in [2.24, 2.45) is 0 Å². The third-order valence-electron chi connectivity index (χ3n) is 6.26. The minimum atomic E-state index is -0.908. The molecule has 5 aromatic rings. The van der Waals surface area contributed by atoms with Crippen LogP contribution >= 0.6 is 0 Å². The average Bonchev–Trinajstić information content (AvgIpc) is 3.32. The Balaban J connectivity index is 1.57. The topological polar surface area (TPSA) is 114 Å². The Morgan fingerprint density at radius 3 is 2.33 bits per heavy atom. The number of aromatic amines is 1. The van der Waals surface area contributed by atoms with Crippen LogP contribution < -0.4 is 15.6 Å². The lowest BCUT2D eigenvalue weighted by Gasteiger charge is -2.41. The van der Waals surface area contributed by atoms with E-state index in [1.165, 1.54) is 6.33 Å². The molecule has 0 unspecified atom stereocenters. The predicted octanol–water partition coefficient (Wildman–Crippen LogP) is 3.60. The molecule has 2 aromatic heterocycles. The van der Waals surface area contributed by atoms with Crippen LogP contribution in [0.4, 0.5) is 5.95 Å². The summed E-state index contributed by atoms with van der Waals surface area (Å²) in [5.41, 5.74) is 2.02. The van der Waals surface area contributed by atoms with E-state index >= 15 is 0 Å². The zero-order valence-corrected chi connectivity index (χ0v) is 19.2. The van der Waals surface area contributed by atoms with Gasteiger partial charge in [0.15, 0.2) is 11.2 Å². The molecule has 0 amide bonds. The first kappa shape index (κ1) is 22.0. The summed E-state index contributed by atoms with van der Waals surface area (Å²) in [6.45, 7) is 0.170. The standard InChI is InChI=1S/C27H23N5O4/c33-14-15-35-17-32-16-28-23-24(32)29-26(30-25(23)34)31-27(18-8-2-1-3-9-18)19-10-4-6-12-21(19)36-22-13-7-5-11-20(22)27/h1-13,16,33H,14-15,17H2,(H2,29,30,31,34). The van der Waals surface area contributed by atoms with Crippen LogP contribution in [0.2, 0.25) is 0 Å². The minimum absolute atomic E-state index is 0.103. The number of nitrogens with one attached hydrogen (secondary N) is 2. The van der Waals surface area contributed by atoms with Gasteiger partial charge in [-0.15, -0.1) is 0 Å². The number of fused-ring (bicyclic) bond motifs is 3. The second-order valence-corrected chi connectivity index (χ2v) is 8.40. The third kappa shape index (κ3) is 3.53. The Bertz CT molecular complexity index is 1550. The maximum Gasteiger partial charge on any atom is 0.280 e. The first-order chi connectivity index (χ1) is 17.7. The number of hydrogen-bond donors (Lipinski definition) is 3. The molecule has 0 spiro atoms. The average molecular weight is 482 g/mol. The van der Waals surface area contributed by atoms with Crippen molar-refractivity contribution in [3.8, 4) is 11.5 Å². The van der Waals surface area contributed by atoms with Gasteiger partial charge in [0.25, 0.3) is 5.56 Å². The number of hydrogen-bond acceptors (Lipinski definition) is 7. The third-order valence-corrected chi connectivity index (χ3v) is 6.26. The summed E-state index contributed by atoms with van der Waals surface area (Å²) in [6, 6.07) is 25.7. The van der Waals surface area contributed by atoms with Crippen molar-refractivity contribution in [3.05, 3.63) is 112 Å². The second kappa shape index (κ2) is 8.95. The molecule has 3 heterocycles. The van der Waals surface area contributed by atoms with Crippen LogP contribution in [-0.4, -0.2) is 37.8 Å². The lowest BCUT2D eigenvalue weighted by molar-refractivity contribution is 0.0499. The Kier molecular flexibility index (Phi) is 5.48. The number of rotatable bonds is 7. The normalized spacial score (nSPS) is 13.6. The summed E-state index contributed by atoms with van der Waals surface area (Å²) in [4.78, 5) is 24.8. The van der Waals surface area contributed by atoms with Crippen LogP contribution in [0, 0.1) is 0 Å². The highest BCUT2D eigenvalue weighted by molar-refractivity contribution is 5.72. The Labute approximate surface area is 206 Å². The molecule has 3 aromatic carbocycles. The molecule has 3 N–H and O–H groups in total. The van der Waals surface area contributed by atoms with Crippen molar-refractivity contribution < 1.29 is 14.6 Å². The largest absolute Gasteiger partial charge is 0.457 e. The van der Waals surface area contributed by atoms with E-state index < -0.39 is 5.54 Å². The number of para-hydroxylation sites is 2. The first-order valence-electron chi connectivity index (χ1n) is 11.5. The van der Waals surface area contributed by atoms with Crippen LogP contribution in [0.5, 0.6) is 11.5 Å². The lowest BCUT2D eigenvalue weighted by atomic mass is 9.75. The van der Waals surface area contributed by atoms with E-state index in [1.54, 1.807) is 4.57 Å². The Hall–Kier alpha value is -4.47. The summed E-state index contributed by atoms with van der Waals surface area (Å²) in [7, 11) is 0. The first-order valence-corrected chi connectivity index (χ1v) is 11.5. The van der Waals surface area contributed by atoms with Crippen molar-refractivity contribution >= 4 is 17.1 Å². The number of imidazole rings is 1. The van der Waals surface area contributed by atoms with Gasteiger partial charge in [0, 0.05) is 11.1 Å². The van der Waals surface area contributed by atoms with Crippen molar-refractivity contribution in [2.75, 3.05) is 18.5 Å². The molecule has 0 fully saturated rings. The number of anilines is 1. The van der Waals surface area contributed by atoms with E-state index in [2.05, 4.69) is 15.3 Å². The molecular formula is C27H23N5O4. The van der Waals surface area contributed by atoms with Gasteiger partial charge >= 0.3 is 0 Å². The van der Waals surface area contributed by atoms with Gasteiger partial charge in [-0.25, -0.2) is 4.98 Å². The van der Waals surface area contributed by atoms with Gasteiger partial charge in [-0.2, -0.15) is 4.98 Å². The zero-order chi connectivity index (χ0) is 24.5. The number of benzene rings is 3. The molecule has 9 nitrogen and oxygen atoms in total. The summed E-state index contributed by atoms with van der Waals surface area (Å²) < 4.78 is 13.3. The molecule has 0 bridgehead atoms. The van der Waals surface area contributed by atoms with Gasteiger partial charge in [-0.3, -0.25) is 14.3 Å². The zero-order valence-electron chi connectivity index (χ0n) is 19.2. The maximum absolute atomic E-state index is 13.0. The molecule has 0 atom stereocenters. The van der Waals surface area contributed by atoms with Crippen LogP contribution in [0.25, 0.3) is 11.2 Å². The molecule has 36 heavy (non-hydrogen) atoms. The fraction of sp³-hybridized carbons (Fsp3) is 0.148. The highest BCUT2D eigenvalue weighted by atomic mass is 16.5. The fourth-order valence-corrected chi connectivity index (χ4v) is 4.71. The van der Waals surface area contributed by atoms with Gasteiger partial charge in [0.05, 0.1) is 19.5 Å². The number of ether oxygens (including phenoxy) is 2. The molecule has 9 heteroatoms. The predicted molar refractivity (Wildman–Crippen MR) is 134 cm³/mol. The number of aliphatic hydroxyl groups excluding tert-OH is 1. The van der Waals surface area contributed by atoms with Crippen LogP contribution in [0.15, 0.2) is 90.0 Å². The van der Waals surface area contributed by atoms with Crippen molar-refractivity contribution in [3.63, 3.8) is 0 Å². The molecule has 180 valence electrons. The van der Waals surface area contributed by atoms with Gasteiger partial charge < -0.3 is 19.9 Å². The fourth-order valence-electron chi connectivity index (χ4n) is 4.71. The van der Waals surface area contributed by atoms with Gasteiger partial charge in [0.1, 0.15) is 23.8 Å². The van der Waals surface area contributed by atoms with Crippen molar-refractivity contribution in [2.45, 2.75) is 12.3 Å². The SMILES string of the molecule is O=c1[nH]c(NC2(c3ccccc3)c3ccccc3Oc3ccccc32)nc2c1ncn2COCCO. The van der Waals surface area contributed by atoms with Gasteiger partial charge in [-0.1, -0.05) is 66.7 Å². The molecule has 0 saturated heterocycles. The number of nitrogens with zero attached hydrogens (tertiary/aromatic N) is 3. The molecule has 6 rings (SSSR count). The number of aromatic nitrogens is 4. The summed E-state index contributed by atoms with van der Waals surface area (Å²) in [5, 5.41) is 12.6. The van der Waals surface area contributed by atoms with Crippen molar-refractivity contribution in [1.82, 2.24) is 19.5 Å². The van der Waals surface area contributed by atoms with Gasteiger partial charge in [0.2, 0.25) is 5.95 Å². The maximum atomic E-state index is 13.0. The van der Waals surface area contributed by atoms with Crippen LogP contribution in [0.1, 0.15) is 16.7 Å². The Morgan fingerprint density at radius 1 is 0.972 bits per heavy atom. The summed E-state index contributed by atoms with van der Waals surface area (Å²) in [5.74, 6) is 1.68. The quantitative estimate of drug-likeness (QED) is 0.304.